The van der Waals surface area contributed by atoms with Crippen LogP contribution in [-0.2, 0) is 32.7 Å². The standard InChI is InChI=1S/C60H110NO8P/c1-6-8-10-12-14-16-18-20-22-24-26-28-29-30-31-33-34-36-38-40-42-44-46-48-50-52-59(62)66-56-58(57-68-70(64,65)67-55-54-61(3,4)5)69-60(63)53-51-49-47-45-43-41-39-37-35-32-27-25-23-21-19-17-15-13-11-9-7-2/h18-21,24-27,35,37,58H,6-17,22-23,28-34,36,38-57H2,1-5H3/b20-18-,21-19-,26-24-,27-25-,37-35-. The number of hydrogen-bond acceptors (Lipinski definition) is 8. The summed E-state index contributed by atoms with van der Waals surface area (Å²) in [6.45, 7) is 4.22. The van der Waals surface area contributed by atoms with Gasteiger partial charge in [-0.05, 0) is 83.5 Å². The first-order chi connectivity index (χ1) is 34.0. The highest BCUT2D eigenvalue weighted by atomic mass is 31.2. The van der Waals surface area contributed by atoms with E-state index in [4.69, 9.17) is 18.5 Å². The summed E-state index contributed by atoms with van der Waals surface area (Å²) in [5.41, 5.74) is 0. The van der Waals surface area contributed by atoms with E-state index in [-0.39, 0.29) is 32.0 Å². The van der Waals surface area contributed by atoms with Crippen LogP contribution in [0.1, 0.15) is 258 Å². The van der Waals surface area contributed by atoms with Gasteiger partial charge in [0.15, 0.2) is 6.10 Å². The van der Waals surface area contributed by atoms with Crippen molar-refractivity contribution in [3.05, 3.63) is 60.8 Å². The zero-order valence-corrected chi connectivity index (χ0v) is 47.1. The van der Waals surface area contributed by atoms with Crippen LogP contribution in [-0.4, -0.2) is 70.0 Å². The summed E-state index contributed by atoms with van der Waals surface area (Å²) in [6, 6.07) is 0. The van der Waals surface area contributed by atoms with Crippen molar-refractivity contribution in [3.8, 4) is 0 Å². The normalized spacial score (nSPS) is 13.7. The van der Waals surface area contributed by atoms with Gasteiger partial charge in [-0.15, -0.1) is 0 Å². The Bertz CT molecular complexity index is 1370. The van der Waals surface area contributed by atoms with Gasteiger partial charge in [-0.25, -0.2) is 0 Å². The van der Waals surface area contributed by atoms with Crippen LogP contribution >= 0.6 is 7.82 Å². The van der Waals surface area contributed by atoms with Crippen molar-refractivity contribution in [2.24, 2.45) is 0 Å². The maximum Gasteiger partial charge on any atom is 0.306 e. The number of carbonyl (C=O) groups is 2. The van der Waals surface area contributed by atoms with Crippen molar-refractivity contribution < 1.29 is 42.1 Å². The molecule has 0 aliphatic rings. The SMILES string of the molecule is CCCCCCC/C=C\C/C=C\C/C=C\CCCCCCCCC(=O)OC(COC(=O)CCCCCCCCCCCCCCC/C=C\C/C=C\CCCCCCC)COP(=O)([O-])OCC[N+](C)(C)C. The van der Waals surface area contributed by atoms with Gasteiger partial charge in [0.2, 0.25) is 0 Å². The fourth-order valence-corrected chi connectivity index (χ4v) is 8.72. The molecule has 0 aliphatic carbocycles. The molecule has 9 nitrogen and oxygen atoms in total. The highest BCUT2D eigenvalue weighted by molar-refractivity contribution is 7.45. The number of hydrogen-bond donors (Lipinski definition) is 0. The summed E-state index contributed by atoms with van der Waals surface area (Å²) in [5.74, 6) is -0.844. The van der Waals surface area contributed by atoms with Crippen molar-refractivity contribution in [3.63, 3.8) is 0 Å². The molecule has 0 amide bonds. The van der Waals surface area contributed by atoms with Crippen molar-refractivity contribution >= 4 is 19.8 Å². The molecule has 0 heterocycles. The van der Waals surface area contributed by atoms with Crippen LogP contribution in [0.25, 0.3) is 0 Å². The maximum absolute atomic E-state index is 12.8. The minimum atomic E-state index is -4.64. The molecule has 0 aromatic carbocycles. The number of phosphoric acid groups is 1. The lowest BCUT2D eigenvalue weighted by molar-refractivity contribution is -0.870. The molecule has 0 rings (SSSR count). The Morgan fingerprint density at radius 1 is 0.443 bits per heavy atom. The van der Waals surface area contributed by atoms with Gasteiger partial charge in [0.05, 0.1) is 27.7 Å². The number of nitrogens with zero attached hydrogens (tertiary/aromatic N) is 1. The predicted octanol–water partition coefficient (Wildman–Crippen LogP) is 17.3. The molecule has 0 aromatic rings. The Balaban J connectivity index is 4.19. The Morgan fingerprint density at radius 3 is 1.14 bits per heavy atom. The summed E-state index contributed by atoms with van der Waals surface area (Å²) >= 11 is 0. The maximum atomic E-state index is 12.8. The number of carbonyl (C=O) groups excluding carboxylic acids is 2. The second-order valence-electron chi connectivity index (χ2n) is 20.6. The first kappa shape index (κ1) is 67.7. The molecule has 2 unspecified atom stereocenters. The minimum absolute atomic E-state index is 0.0352. The van der Waals surface area contributed by atoms with E-state index >= 15 is 0 Å². The van der Waals surface area contributed by atoms with Crippen molar-refractivity contribution in [2.75, 3.05) is 47.5 Å². The molecule has 0 spiro atoms. The minimum Gasteiger partial charge on any atom is -0.756 e. The van der Waals surface area contributed by atoms with Gasteiger partial charge in [0, 0.05) is 12.8 Å². The molecule has 0 radical (unpaired) electrons. The number of quaternary nitrogens is 1. The largest absolute Gasteiger partial charge is 0.756 e. The van der Waals surface area contributed by atoms with Crippen molar-refractivity contribution in [1.29, 1.82) is 0 Å². The van der Waals surface area contributed by atoms with Crippen LogP contribution < -0.4 is 4.89 Å². The van der Waals surface area contributed by atoms with E-state index in [2.05, 4.69) is 74.6 Å². The number of phosphoric ester groups is 1. The number of likely N-dealkylation sites (N-methyl/N-ethyl adjacent to an activating group) is 1. The second-order valence-corrected chi connectivity index (χ2v) is 22.1. The molecule has 0 bridgehead atoms. The molecule has 70 heavy (non-hydrogen) atoms. The highest BCUT2D eigenvalue weighted by Gasteiger charge is 2.22. The zero-order chi connectivity index (χ0) is 51.3. The Labute approximate surface area is 432 Å². The molecule has 408 valence electrons. The van der Waals surface area contributed by atoms with Crippen LogP contribution in [0.2, 0.25) is 0 Å². The third-order valence-corrected chi connectivity index (χ3v) is 13.5. The summed E-state index contributed by atoms with van der Waals surface area (Å²) < 4.78 is 34.1. The van der Waals surface area contributed by atoms with Gasteiger partial charge in [-0.1, -0.05) is 222 Å². The van der Waals surface area contributed by atoms with E-state index in [0.717, 1.165) is 77.0 Å². The average molecular weight is 1000 g/mol. The summed E-state index contributed by atoms with van der Waals surface area (Å²) in [6.07, 6.45) is 65.4. The molecule has 10 heteroatoms. The number of allylic oxidation sites excluding steroid dienone is 10. The van der Waals surface area contributed by atoms with Crippen LogP contribution in [0.15, 0.2) is 60.8 Å². The molecule has 0 aromatic heterocycles. The smallest absolute Gasteiger partial charge is 0.306 e. The van der Waals surface area contributed by atoms with E-state index in [1.54, 1.807) is 0 Å². The van der Waals surface area contributed by atoms with Crippen molar-refractivity contribution in [1.82, 2.24) is 0 Å². The number of ether oxygens (including phenoxy) is 2. The average Bonchev–Trinajstić information content (AvgIpc) is 3.32. The van der Waals surface area contributed by atoms with Crippen LogP contribution in [0, 0.1) is 0 Å². The van der Waals surface area contributed by atoms with E-state index < -0.39 is 26.5 Å². The van der Waals surface area contributed by atoms with Crippen LogP contribution in [0.3, 0.4) is 0 Å². The number of unbranched alkanes of at least 4 members (excludes halogenated alkanes) is 29. The summed E-state index contributed by atoms with van der Waals surface area (Å²) in [5, 5.41) is 0. The van der Waals surface area contributed by atoms with Gasteiger partial charge in [-0.2, -0.15) is 0 Å². The Hall–Kier alpha value is -2.29. The monoisotopic (exact) mass is 1000 g/mol. The van der Waals surface area contributed by atoms with E-state index in [9.17, 15) is 19.0 Å². The zero-order valence-electron chi connectivity index (χ0n) is 46.2. The molecule has 0 saturated heterocycles. The number of esters is 2. The molecule has 0 saturated carbocycles. The highest BCUT2D eigenvalue weighted by Crippen LogP contribution is 2.38. The topological polar surface area (TPSA) is 111 Å². The van der Waals surface area contributed by atoms with Gasteiger partial charge < -0.3 is 27.9 Å². The Kier molecular flexibility index (Phi) is 49.9. The fraction of sp³-hybridized carbons (Fsp3) is 0.800. The van der Waals surface area contributed by atoms with Crippen LogP contribution in [0.5, 0.6) is 0 Å². The van der Waals surface area contributed by atoms with Gasteiger partial charge >= 0.3 is 11.9 Å². The van der Waals surface area contributed by atoms with Gasteiger partial charge in [0.1, 0.15) is 19.8 Å². The first-order valence-corrected chi connectivity index (χ1v) is 30.5. The van der Waals surface area contributed by atoms with E-state index in [0.29, 0.717) is 17.4 Å². The number of rotatable bonds is 53. The van der Waals surface area contributed by atoms with E-state index in [1.807, 2.05) is 21.1 Å². The lowest BCUT2D eigenvalue weighted by atomic mass is 10.0. The lowest BCUT2D eigenvalue weighted by Gasteiger charge is -2.28. The third kappa shape index (κ3) is 55.0. The summed E-state index contributed by atoms with van der Waals surface area (Å²) in [7, 11) is 1.16. The molecule has 0 N–H and O–H groups in total. The van der Waals surface area contributed by atoms with Gasteiger partial charge in [-0.3, -0.25) is 14.2 Å². The lowest BCUT2D eigenvalue weighted by Crippen LogP contribution is -2.37. The van der Waals surface area contributed by atoms with Crippen molar-refractivity contribution in [2.45, 2.75) is 264 Å². The second kappa shape index (κ2) is 51.6. The molecular weight excluding hydrogens is 894 g/mol. The molecular formula is C60H110NO8P. The van der Waals surface area contributed by atoms with Gasteiger partial charge in [0.25, 0.3) is 7.82 Å². The van der Waals surface area contributed by atoms with Crippen LogP contribution in [0.4, 0.5) is 0 Å². The Morgan fingerprint density at radius 2 is 0.771 bits per heavy atom. The molecule has 0 fully saturated rings. The first-order valence-electron chi connectivity index (χ1n) is 29.0. The molecule has 0 aliphatic heterocycles. The fourth-order valence-electron chi connectivity index (χ4n) is 7.99. The van der Waals surface area contributed by atoms with E-state index in [1.165, 1.54) is 148 Å². The predicted molar refractivity (Wildman–Crippen MR) is 296 cm³/mol. The molecule has 2 atom stereocenters. The summed E-state index contributed by atoms with van der Waals surface area (Å²) in [4.78, 5) is 37.9. The third-order valence-electron chi connectivity index (χ3n) is 12.5. The quantitative estimate of drug-likeness (QED) is 0.0195.